The third kappa shape index (κ3) is 5.18. The number of phenols is 2. The molecule has 0 unspecified atom stereocenters. The molecule has 0 aliphatic heterocycles. The van der Waals surface area contributed by atoms with Crippen molar-refractivity contribution in [3.05, 3.63) is 23.8 Å². The zero-order valence-corrected chi connectivity index (χ0v) is 11.6. The zero-order valence-electron chi connectivity index (χ0n) is 11.6. The number of benzene rings is 1. The van der Waals surface area contributed by atoms with Gasteiger partial charge in [-0.1, -0.05) is 26.8 Å². The van der Waals surface area contributed by atoms with Crippen molar-refractivity contribution in [3.8, 4) is 11.5 Å². The van der Waals surface area contributed by atoms with E-state index < -0.39 is 6.04 Å². The topological polar surface area (TPSA) is 95.6 Å². The molecule has 0 aliphatic rings. The van der Waals surface area contributed by atoms with Crippen molar-refractivity contribution < 1.29 is 15.0 Å². The lowest BCUT2D eigenvalue weighted by Crippen LogP contribution is -2.44. The van der Waals surface area contributed by atoms with Crippen molar-refractivity contribution in [2.45, 2.75) is 33.2 Å². The fraction of sp³-hybridized carbons (Fsp3) is 0.500. The highest BCUT2D eigenvalue weighted by Crippen LogP contribution is 2.25. The molecule has 0 aliphatic carbocycles. The number of amides is 1. The standard InChI is InChI=1S/C14H22N2O3/c1-14(2,3)8-16-13(19)10(15)6-9-4-5-11(17)12(18)7-9/h4-5,7,10,17-18H,6,8,15H2,1-3H3,(H,16,19)/t10-/m0/s1. The number of aromatic hydroxyl groups is 2. The average molecular weight is 266 g/mol. The first-order valence-corrected chi connectivity index (χ1v) is 6.23. The van der Waals surface area contributed by atoms with Gasteiger partial charge in [-0.3, -0.25) is 4.79 Å². The van der Waals surface area contributed by atoms with E-state index in [1.165, 1.54) is 12.1 Å². The number of hydrogen-bond donors (Lipinski definition) is 4. The van der Waals surface area contributed by atoms with Gasteiger partial charge in [-0.2, -0.15) is 0 Å². The molecular weight excluding hydrogens is 244 g/mol. The Morgan fingerprint density at radius 2 is 1.95 bits per heavy atom. The third-order valence-corrected chi connectivity index (χ3v) is 2.63. The van der Waals surface area contributed by atoms with Gasteiger partial charge in [0.25, 0.3) is 0 Å². The number of carbonyl (C=O) groups excluding carboxylic acids is 1. The van der Waals surface area contributed by atoms with Crippen LogP contribution >= 0.6 is 0 Å². The summed E-state index contributed by atoms with van der Waals surface area (Å²) in [4.78, 5) is 11.8. The van der Waals surface area contributed by atoms with Crippen LogP contribution in [0.5, 0.6) is 11.5 Å². The molecule has 19 heavy (non-hydrogen) atoms. The molecule has 0 heterocycles. The Labute approximate surface area is 113 Å². The molecule has 1 aromatic rings. The maximum Gasteiger partial charge on any atom is 0.237 e. The lowest BCUT2D eigenvalue weighted by Gasteiger charge is -2.20. The summed E-state index contributed by atoms with van der Waals surface area (Å²) in [6.45, 7) is 6.63. The second-order valence-electron chi connectivity index (χ2n) is 5.91. The van der Waals surface area contributed by atoms with Gasteiger partial charge in [0.1, 0.15) is 0 Å². The van der Waals surface area contributed by atoms with Crippen LogP contribution in [-0.4, -0.2) is 28.7 Å². The van der Waals surface area contributed by atoms with Gasteiger partial charge in [-0.25, -0.2) is 0 Å². The maximum atomic E-state index is 11.8. The molecule has 1 rings (SSSR count). The molecule has 0 fully saturated rings. The first-order valence-electron chi connectivity index (χ1n) is 6.23. The summed E-state index contributed by atoms with van der Waals surface area (Å²) in [6.07, 6.45) is 0.309. The Morgan fingerprint density at radius 3 is 2.47 bits per heavy atom. The summed E-state index contributed by atoms with van der Waals surface area (Å²) in [5.74, 6) is -0.614. The molecule has 106 valence electrons. The highest BCUT2D eigenvalue weighted by atomic mass is 16.3. The second-order valence-corrected chi connectivity index (χ2v) is 5.91. The monoisotopic (exact) mass is 266 g/mol. The lowest BCUT2D eigenvalue weighted by atomic mass is 9.96. The Morgan fingerprint density at radius 1 is 1.32 bits per heavy atom. The molecule has 5 N–H and O–H groups in total. The van der Waals surface area contributed by atoms with Crippen molar-refractivity contribution in [2.24, 2.45) is 11.1 Å². The normalized spacial score (nSPS) is 13.1. The van der Waals surface area contributed by atoms with E-state index in [1.54, 1.807) is 6.07 Å². The lowest BCUT2D eigenvalue weighted by molar-refractivity contribution is -0.122. The molecule has 0 saturated heterocycles. The molecule has 0 saturated carbocycles. The van der Waals surface area contributed by atoms with E-state index in [9.17, 15) is 15.0 Å². The van der Waals surface area contributed by atoms with E-state index >= 15 is 0 Å². The number of nitrogens with one attached hydrogen (secondary N) is 1. The van der Waals surface area contributed by atoms with Gasteiger partial charge in [0.15, 0.2) is 11.5 Å². The van der Waals surface area contributed by atoms with E-state index in [-0.39, 0.29) is 22.8 Å². The van der Waals surface area contributed by atoms with Gasteiger partial charge < -0.3 is 21.3 Å². The van der Waals surface area contributed by atoms with Crippen molar-refractivity contribution in [2.75, 3.05) is 6.54 Å². The predicted molar refractivity (Wildman–Crippen MR) is 73.9 cm³/mol. The summed E-state index contributed by atoms with van der Waals surface area (Å²) in [5, 5.41) is 21.4. The van der Waals surface area contributed by atoms with Crippen molar-refractivity contribution in [1.82, 2.24) is 5.32 Å². The number of phenolic OH excluding ortho intramolecular Hbond substituents is 2. The summed E-state index contributed by atoms with van der Waals surface area (Å²) in [5.41, 5.74) is 6.52. The number of carbonyl (C=O) groups is 1. The highest BCUT2D eigenvalue weighted by Gasteiger charge is 2.17. The highest BCUT2D eigenvalue weighted by molar-refractivity contribution is 5.81. The van der Waals surface area contributed by atoms with Gasteiger partial charge in [0, 0.05) is 6.54 Å². The van der Waals surface area contributed by atoms with Gasteiger partial charge >= 0.3 is 0 Å². The fourth-order valence-corrected chi connectivity index (χ4v) is 1.53. The Hall–Kier alpha value is -1.75. The summed E-state index contributed by atoms with van der Waals surface area (Å²) in [6, 6.07) is 3.74. The van der Waals surface area contributed by atoms with Crippen LogP contribution in [0.15, 0.2) is 18.2 Å². The van der Waals surface area contributed by atoms with Crippen LogP contribution in [0.2, 0.25) is 0 Å². The quantitative estimate of drug-likeness (QED) is 0.614. The molecule has 0 bridgehead atoms. The largest absolute Gasteiger partial charge is 0.504 e. The first-order chi connectivity index (χ1) is 8.69. The molecule has 5 nitrogen and oxygen atoms in total. The van der Waals surface area contributed by atoms with Gasteiger partial charge in [-0.15, -0.1) is 0 Å². The first kappa shape index (κ1) is 15.3. The smallest absolute Gasteiger partial charge is 0.237 e. The van der Waals surface area contributed by atoms with Crippen LogP contribution in [-0.2, 0) is 11.2 Å². The van der Waals surface area contributed by atoms with Crippen LogP contribution in [0.4, 0.5) is 0 Å². The van der Waals surface area contributed by atoms with Crippen LogP contribution < -0.4 is 11.1 Å². The molecule has 1 amide bonds. The zero-order chi connectivity index (χ0) is 14.6. The van der Waals surface area contributed by atoms with Crippen LogP contribution in [0, 0.1) is 5.41 Å². The molecule has 0 spiro atoms. The number of nitrogens with two attached hydrogens (primary N) is 1. The fourth-order valence-electron chi connectivity index (χ4n) is 1.53. The summed E-state index contributed by atoms with van der Waals surface area (Å²) < 4.78 is 0. The maximum absolute atomic E-state index is 11.8. The van der Waals surface area contributed by atoms with Crippen molar-refractivity contribution >= 4 is 5.91 Å². The van der Waals surface area contributed by atoms with Crippen LogP contribution in [0.25, 0.3) is 0 Å². The van der Waals surface area contributed by atoms with E-state index in [4.69, 9.17) is 5.73 Å². The van der Waals surface area contributed by atoms with E-state index in [2.05, 4.69) is 5.32 Å². The van der Waals surface area contributed by atoms with E-state index in [0.29, 0.717) is 18.5 Å². The van der Waals surface area contributed by atoms with Crippen LogP contribution in [0.3, 0.4) is 0 Å². The molecule has 0 radical (unpaired) electrons. The van der Waals surface area contributed by atoms with Crippen molar-refractivity contribution in [1.29, 1.82) is 0 Å². The molecular formula is C14H22N2O3. The van der Waals surface area contributed by atoms with Gasteiger partial charge in [0.2, 0.25) is 5.91 Å². The van der Waals surface area contributed by atoms with Crippen LogP contribution in [0.1, 0.15) is 26.3 Å². The minimum atomic E-state index is -0.675. The molecule has 1 aromatic carbocycles. The minimum absolute atomic E-state index is 0.00614. The summed E-state index contributed by atoms with van der Waals surface area (Å²) >= 11 is 0. The van der Waals surface area contributed by atoms with Gasteiger partial charge in [-0.05, 0) is 29.5 Å². The Kier molecular flexibility index (Phi) is 4.78. The number of rotatable bonds is 4. The summed E-state index contributed by atoms with van der Waals surface area (Å²) in [7, 11) is 0. The van der Waals surface area contributed by atoms with E-state index in [1.807, 2.05) is 20.8 Å². The molecule has 5 heteroatoms. The predicted octanol–water partition coefficient (Wildman–Crippen LogP) is 1.13. The van der Waals surface area contributed by atoms with Crippen molar-refractivity contribution in [3.63, 3.8) is 0 Å². The molecule has 0 aromatic heterocycles. The minimum Gasteiger partial charge on any atom is -0.504 e. The number of hydrogen-bond acceptors (Lipinski definition) is 4. The average Bonchev–Trinajstić information content (AvgIpc) is 2.29. The Balaban J connectivity index is 2.56. The molecule has 1 atom stereocenters. The van der Waals surface area contributed by atoms with Gasteiger partial charge in [0.05, 0.1) is 6.04 Å². The second kappa shape index (κ2) is 5.93. The third-order valence-electron chi connectivity index (χ3n) is 2.63. The SMILES string of the molecule is CC(C)(C)CNC(=O)[C@@H](N)Cc1ccc(O)c(O)c1. The van der Waals surface area contributed by atoms with E-state index in [0.717, 1.165) is 0 Å². The Bertz CT molecular complexity index is 452.